The summed E-state index contributed by atoms with van der Waals surface area (Å²) in [6.45, 7) is 9.29. The number of benzene rings is 1. The summed E-state index contributed by atoms with van der Waals surface area (Å²) < 4.78 is 6.21. The van der Waals surface area contributed by atoms with Crippen molar-refractivity contribution in [2.24, 2.45) is 5.92 Å². The van der Waals surface area contributed by atoms with Gasteiger partial charge in [-0.25, -0.2) is 0 Å². The van der Waals surface area contributed by atoms with Crippen molar-refractivity contribution in [1.29, 1.82) is 0 Å². The van der Waals surface area contributed by atoms with Gasteiger partial charge in [0, 0.05) is 52.5 Å². The van der Waals surface area contributed by atoms with Gasteiger partial charge < -0.3 is 19.9 Å². The van der Waals surface area contributed by atoms with Gasteiger partial charge in [0.25, 0.3) is 0 Å². The Balaban J connectivity index is 1.45. The molecule has 2 bridgehead atoms. The number of rotatable bonds is 0. The lowest BCUT2D eigenvalue weighted by atomic mass is 9.51. The van der Waals surface area contributed by atoms with Crippen molar-refractivity contribution in [3.8, 4) is 5.75 Å². The normalized spacial score (nSPS) is 35.1. The van der Waals surface area contributed by atoms with Gasteiger partial charge in [-0.2, -0.15) is 0 Å². The van der Waals surface area contributed by atoms with Crippen molar-refractivity contribution >= 4 is 28.8 Å². The van der Waals surface area contributed by atoms with Crippen molar-refractivity contribution in [1.82, 2.24) is 15.2 Å². The third kappa shape index (κ3) is 1.94. The predicted octanol–water partition coefficient (Wildman–Crippen LogP) is 3.44. The Kier molecular flexibility index (Phi) is 3.07. The van der Waals surface area contributed by atoms with Gasteiger partial charge in [0.15, 0.2) is 0 Å². The molecule has 6 aliphatic rings. The topological polar surface area (TPSA) is 74.4 Å². The first-order chi connectivity index (χ1) is 15.1. The molecule has 0 radical (unpaired) electrons. The van der Waals surface area contributed by atoms with Crippen molar-refractivity contribution in [3.63, 3.8) is 0 Å². The average molecular weight is 432 g/mol. The standard InChI is InChI=1S/C26H29N3O3/c1-23(2)8-6-14-10-15-16-12-26-19(24(3,4)20(16)27-17(15)11-18(14)32-23)13-25(21(30)28-26)7-5-9-29(25)22(26)31/h6,8,10-11,19,27H,5,7,9,12-13H2,1-4H3,(H,28,30)/t19-,25+,26+/m1/s1. The number of aromatic nitrogens is 1. The minimum atomic E-state index is -0.848. The van der Waals surface area contributed by atoms with E-state index in [9.17, 15) is 9.59 Å². The zero-order chi connectivity index (χ0) is 22.3. The Morgan fingerprint density at radius 2 is 1.97 bits per heavy atom. The molecule has 2 aromatic rings. The molecule has 8 rings (SSSR count). The maximum Gasteiger partial charge on any atom is 0.249 e. The summed E-state index contributed by atoms with van der Waals surface area (Å²) in [7, 11) is 0. The van der Waals surface area contributed by atoms with E-state index < -0.39 is 11.1 Å². The third-order valence-electron chi connectivity index (χ3n) is 9.06. The number of H-pyrrole nitrogens is 1. The van der Waals surface area contributed by atoms with Crippen molar-refractivity contribution in [3.05, 3.63) is 35.0 Å². The highest BCUT2D eigenvalue weighted by molar-refractivity contribution is 6.06. The van der Waals surface area contributed by atoms with E-state index in [0.29, 0.717) is 13.0 Å². The summed E-state index contributed by atoms with van der Waals surface area (Å²) in [5.41, 5.74) is 2.35. The van der Waals surface area contributed by atoms with Crippen molar-refractivity contribution in [2.75, 3.05) is 6.54 Å². The number of hydrogen-bond acceptors (Lipinski definition) is 3. The number of nitrogens with zero attached hydrogens (tertiary/aromatic N) is 1. The average Bonchev–Trinajstić information content (AvgIpc) is 3.30. The van der Waals surface area contributed by atoms with Gasteiger partial charge in [-0.3, -0.25) is 9.59 Å². The quantitative estimate of drug-likeness (QED) is 0.671. The molecule has 0 unspecified atom stereocenters. The minimum absolute atomic E-state index is 0.0564. The van der Waals surface area contributed by atoms with Crippen LogP contribution in [-0.4, -0.2) is 44.9 Å². The fraction of sp³-hybridized carbons (Fsp3) is 0.538. The van der Waals surface area contributed by atoms with Crippen molar-refractivity contribution in [2.45, 2.75) is 75.5 Å². The van der Waals surface area contributed by atoms with Crippen LogP contribution in [0.4, 0.5) is 0 Å². The number of aromatic amines is 1. The molecule has 2 N–H and O–H groups in total. The smallest absolute Gasteiger partial charge is 0.249 e. The van der Waals surface area contributed by atoms with Crippen LogP contribution in [0.5, 0.6) is 5.75 Å². The van der Waals surface area contributed by atoms with E-state index >= 15 is 0 Å². The Labute approximate surface area is 187 Å². The third-order valence-corrected chi connectivity index (χ3v) is 9.06. The fourth-order valence-corrected chi connectivity index (χ4v) is 7.50. The molecule has 166 valence electrons. The molecule has 1 aliphatic carbocycles. The monoisotopic (exact) mass is 431 g/mol. The molecular formula is C26H29N3O3. The maximum absolute atomic E-state index is 13.9. The van der Waals surface area contributed by atoms with Crippen LogP contribution in [0.25, 0.3) is 17.0 Å². The molecule has 6 heteroatoms. The summed E-state index contributed by atoms with van der Waals surface area (Å²) >= 11 is 0. The zero-order valence-corrected chi connectivity index (χ0v) is 19.1. The van der Waals surface area contributed by atoms with Crippen LogP contribution in [0, 0.1) is 5.92 Å². The van der Waals surface area contributed by atoms with Gasteiger partial charge in [-0.05, 0) is 50.8 Å². The van der Waals surface area contributed by atoms with Gasteiger partial charge in [0.2, 0.25) is 11.8 Å². The minimum Gasteiger partial charge on any atom is -0.483 e. The lowest BCUT2D eigenvalue weighted by Crippen LogP contribution is -2.84. The van der Waals surface area contributed by atoms with Crippen LogP contribution in [0.15, 0.2) is 18.2 Å². The molecule has 2 spiro atoms. The van der Waals surface area contributed by atoms with Crippen LogP contribution in [0.3, 0.4) is 0 Å². The molecule has 32 heavy (non-hydrogen) atoms. The summed E-state index contributed by atoms with van der Waals surface area (Å²) in [6.07, 6.45) is 7.19. The molecule has 2 amide bonds. The van der Waals surface area contributed by atoms with Gasteiger partial charge in [-0.15, -0.1) is 0 Å². The van der Waals surface area contributed by atoms with E-state index in [2.05, 4.69) is 62.3 Å². The molecule has 5 aliphatic heterocycles. The first kappa shape index (κ1) is 18.8. The molecule has 1 aromatic carbocycles. The van der Waals surface area contributed by atoms with Crippen LogP contribution < -0.4 is 10.1 Å². The number of carbonyl (C=O) groups is 2. The van der Waals surface area contributed by atoms with Crippen LogP contribution >= 0.6 is 0 Å². The number of nitrogens with one attached hydrogen (secondary N) is 2. The molecule has 1 aromatic heterocycles. The fourth-order valence-electron chi connectivity index (χ4n) is 7.50. The highest BCUT2D eigenvalue weighted by Crippen LogP contribution is 2.59. The Morgan fingerprint density at radius 1 is 1.16 bits per heavy atom. The van der Waals surface area contributed by atoms with Crippen LogP contribution in [-0.2, 0) is 21.4 Å². The highest BCUT2D eigenvalue weighted by Gasteiger charge is 2.72. The first-order valence-electron chi connectivity index (χ1n) is 11.8. The number of amides is 2. The number of piperidine rings is 2. The Morgan fingerprint density at radius 3 is 2.78 bits per heavy atom. The summed E-state index contributed by atoms with van der Waals surface area (Å²) in [5.74, 6) is 1.13. The lowest BCUT2D eigenvalue weighted by molar-refractivity contribution is -0.179. The van der Waals surface area contributed by atoms with Gasteiger partial charge in [0.05, 0.1) is 0 Å². The van der Waals surface area contributed by atoms with E-state index in [1.807, 2.05) is 4.90 Å². The predicted molar refractivity (Wildman–Crippen MR) is 121 cm³/mol. The van der Waals surface area contributed by atoms with Crippen LogP contribution in [0.1, 0.15) is 63.8 Å². The summed E-state index contributed by atoms with van der Waals surface area (Å²) in [6, 6.07) is 4.28. The van der Waals surface area contributed by atoms with Gasteiger partial charge in [-0.1, -0.05) is 19.9 Å². The van der Waals surface area contributed by atoms with Crippen molar-refractivity contribution < 1.29 is 14.3 Å². The molecule has 4 saturated heterocycles. The molecule has 6 heterocycles. The number of piperazine rings is 1. The SMILES string of the molecule is CC1(C)C=Cc2cc3c4c([nH]c3cc2O1)C(C)(C)[C@H]1C[C@]23CCCN2C(=O)[C@@]1(C4)NC3=O. The van der Waals surface area contributed by atoms with E-state index in [-0.39, 0.29) is 28.7 Å². The Bertz CT molecular complexity index is 1280. The second-order valence-electron chi connectivity index (χ2n) is 11.6. The number of ether oxygens (including phenoxy) is 1. The van der Waals surface area contributed by atoms with Crippen LogP contribution in [0.2, 0.25) is 0 Å². The highest BCUT2D eigenvalue weighted by atomic mass is 16.5. The van der Waals surface area contributed by atoms with Gasteiger partial charge >= 0.3 is 0 Å². The largest absolute Gasteiger partial charge is 0.483 e. The zero-order valence-electron chi connectivity index (χ0n) is 19.1. The number of fused-ring (bicyclic) bond motifs is 5. The Hall–Kier alpha value is -2.76. The number of carbonyl (C=O) groups excluding carboxylic acids is 2. The molecule has 3 atom stereocenters. The van der Waals surface area contributed by atoms with Gasteiger partial charge in [0.1, 0.15) is 22.4 Å². The summed E-state index contributed by atoms with van der Waals surface area (Å²) in [4.78, 5) is 32.8. The van der Waals surface area contributed by atoms with E-state index in [1.165, 1.54) is 5.69 Å². The lowest BCUT2D eigenvalue weighted by Gasteiger charge is -2.64. The first-order valence-corrected chi connectivity index (χ1v) is 11.8. The number of hydrogen-bond donors (Lipinski definition) is 2. The second-order valence-corrected chi connectivity index (χ2v) is 11.6. The molecule has 0 saturated carbocycles. The molecular weight excluding hydrogens is 402 g/mol. The van der Waals surface area contributed by atoms with E-state index in [0.717, 1.165) is 47.0 Å². The molecule has 4 fully saturated rings. The van der Waals surface area contributed by atoms with E-state index in [4.69, 9.17) is 4.74 Å². The second kappa shape index (κ2) is 5.24. The van der Waals surface area contributed by atoms with E-state index in [1.54, 1.807) is 0 Å². The summed E-state index contributed by atoms with van der Waals surface area (Å²) in [5, 5.41) is 4.41. The maximum atomic E-state index is 13.9. The molecule has 6 nitrogen and oxygen atoms in total.